The van der Waals surface area contributed by atoms with E-state index in [2.05, 4.69) is 20.8 Å². The first kappa shape index (κ1) is 20.4. The van der Waals surface area contributed by atoms with Gasteiger partial charge in [0.25, 0.3) is 5.91 Å². The van der Waals surface area contributed by atoms with Crippen molar-refractivity contribution in [2.45, 2.75) is 18.8 Å². The number of amides is 3. The molecule has 2 aromatic rings. The van der Waals surface area contributed by atoms with E-state index in [1.807, 2.05) is 0 Å². The van der Waals surface area contributed by atoms with Crippen LogP contribution in [0.15, 0.2) is 18.2 Å². The molecule has 0 saturated carbocycles. The summed E-state index contributed by atoms with van der Waals surface area (Å²) in [5.41, 5.74) is 0.605. The number of likely N-dealkylation sites (tertiary alicyclic amines) is 1. The number of ether oxygens (including phenoxy) is 3. The molecular weight excluding hydrogens is 410 g/mol. The van der Waals surface area contributed by atoms with Crippen molar-refractivity contribution < 1.29 is 23.8 Å². The molecule has 1 saturated heterocycles. The van der Waals surface area contributed by atoms with E-state index in [0.717, 1.165) is 17.8 Å². The SMILES string of the molecule is COCCNC(=O)N1CCC(c2nnc(C(=O)Nc3ccc4c(c3)OCO4)s2)CC1. The quantitative estimate of drug-likeness (QED) is 0.670. The first-order valence-electron chi connectivity index (χ1n) is 9.70. The molecule has 1 aromatic carbocycles. The van der Waals surface area contributed by atoms with Crippen LogP contribution in [0.4, 0.5) is 10.5 Å². The van der Waals surface area contributed by atoms with Gasteiger partial charge in [-0.3, -0.25) is 4.79 Å². The summed E-state index contributed by atoms with van der Waals surface area (Å²) in [5, 5.41) is 15.1. The number of aromatic nitrogens is 2. The van der Waals surface area contributed by atoms with Crippen LogP contribution in [0.25, 0.3) is 0 Å². The van der Waals surface area contributed by atoms with E-state index in [4.69, 9.17) is 14.2 Å². The van der Waals surface area contributed by atoms with Gasteiger partial charge >= 0.3 is 6.03 Å². The molecule has 30 heavy (non-hydrogen) atoms. The number of anilines is 1. The molecular formula is C19H23N5O5S. The third kappa shape index (κ3) is 4.62. The van der Waals surface area contributed by atoms with E-state index < -0.39 is 0 Å². The lowest BCUT2D eigenvalue weighted by Gasteiger charge is -2.30. The zero-order valence-corrected chi connectivity index (χ0v) is 17.4. The Bertz CT molecular complexity index is 912. The fourth-order valence-corrected chi connectivity index (χ4v) is 4.26. The highest BCUT2D eigenvalue weighted by molar-refractivity contribution is 7.13. The van der Waals surface area contributed by atoms with E-state index in [1.165, 1.54) is 11.3 Å². The van der Waals surface area contributed by atoms with Crippen molar-refractivity contribution >= 4 is 29.0 Å². The van der Waals surface area contributed by atoms with Gasteiger partial charge in [0, 0.05) is 44.4 Å². The highest BCUT2D eigenvalue weighted by Crippen LogP contribution is 2.35. The van der Waals surface area contributed by atoms with Crippen molar-refractivity contribution in [3.63, 3.8) is 0 Å². The number of fused-ring (bicyclic) bond motifs is 1. The number of urea groups is 1. The van der Waals surface area contributed by atoms with Gasteiger partial charge in [-0.2, -0.15) is 0 Å². The van der Waals surface area contributed by atoms with Crippen LogP contribution in [0, 0.1) is 0 Å². The number of nitrogens with one attached hydrogen (secondary N) is 2. The maximum atomic E-state index is 12.5. The molecule has 0 unspecified atom stereocenters. The minimum Gasteiger partial charge on any atom is -0.454 e. The van der Waals surface area contributed by atoms with Gasteiger partial charge in [-0.05, 0) is 25.0 Å². The Hall–Kier alpha value is -2.92. The lowest BCUT2D eigenvalue weighted by Crippen LogP contribution is -2.44. The van der Waals surface area contributed by atoms with Crippen molar-refractivity contribution in [2.24, 2.45) is 0 Å². The first-order chi connectivity index (χ1) is 14.6. The van der Waals surface area contributed by atoms with E-state index in [1.54, 1.807) is 30.2 Å². The monoisotopic (exact) mass is 433 g/mol. The molecule has 0 atom stereocenters. The zero-order chi connectivity index (χ0) is 20.9. The Labute approximate surface area is 177 Å². The van der Waals surface area contributed by atoms with Crippen molar-refractivity contribution in [1.29, 1.82) is 0 Å². The number of carbonyl (C=O) groups is 2. The van der Waals surface area contributed by atoms with Gasteiger partial charge in [-0.15, -0.1) is 10.2 Å². The molecule has 2 aliphatic rings. The number of hydrogen-bond acceptors (Lipinski definition) is 8. The van der Waals surface area contributed by atoms with Crippen LogP contribution in [-0.2, 0) is 4.74 Å². The number of benzene rings is 1. The molecule has 0 aliphatic carbocycles. The highest BCUT2D eigenvalue weighted by atomic mass is 32.1. The molecule has 0 bridgehead atoms. The molecule has 1 aromatic heterocycles. The van der Waals surface area contributed by atoms with Crippen LogP contribution in [0.1, 0.15) is 33.6 Å². The zero-order valence-electron chi connectivity index (χ0n) is 16.6. The smallest absolute Gasteiger partial charge is 0.317 e. The largest absolute Gasteiger partial charge is 0.454 e. The lowest BCUT2D eigenvalue weighted by atomic mass is 9.98. The van der Waals surface area contributed by atoms with Gasteiger partial charge in [0.05, 0.1) is 6.61 Å². The summed E-state index contributed by atoms with van der Waals surface area (Å²) < 4.78 is 15.5. The summed E-state index contributed by atoms with van der Waals surface area (Å²) in [4.78, 5) is 26.4. The fraction of sp³-hybridized carbons (Fsp3) is 0.474. The van der Waals surface area contributed by atoms with E-state index in [9.17, 15) is 9.59 Å². The second-order valence-corrected chi connectivity index (χ2v) is 7.96. The average Bonchev–Trinajstić information content (AvgIpc) is 3.43. The van der Waals surface area contributed by atoms with Crippen LogP contribution in [0.3, 0.4) is 0 Å². The molecule has 2 N–H and O–H groups in total. The normalized spacial score (nSPS) is 15.8. The molecule has 2 aliphatic heterocycles. The number of piperidine rings is 1. The lowest BCUT2D eigenvalue weighted by molar-refractivity contribution is 0.102. The third-order valence-electron chi connectivity index (χ3n) is 4.98. The molecule has 0 spiro atoms. The number of hydrogen-bond donors (Lipinski definition) is 2. The Morgan fingerprint density at radius 2 is 2.03 bits per heavy atom. The Balaban J connectivity index is 1.30. The number of rotatable bonds is 6. The minimum atomic E-state index is -0.312. The summed E-state index contributed by atoms with van der Waals surface area (Å²) in [6.07, 6.45) is 1.58. The molecule has 0 radical (unpaired) electrons. The molecule has 10 nitrogen and oxygen atoms in total. The molecule has 3 heterocycles. The Kier molecular flexibility index (Phi) is 6.29. The average molecular weight is 433 g/mol. The highest BCUT2D eigenvalue weighted by Gasteiger charge is 2.27. The third-order valence-corrected chi connectivity index (χ3v) is 6.06. The van der Waals surface area contributed by atoms with Crippen molar-refractivity contribution in [1.82, 2.24) is 20.4 Å². The molecule has 4 rings (SSSR count). The number of carbonyl (C=O) groups excluding carboxylic acids is 2. The fourth-order valence-electron chi connectivity index (χ4n) is 3.35. The van der Waals surface area contributed by atoms with Crippen molar-refractivity contribution in [2.75, 3.05) is 45.5 Å². The maximum Gasteiger partial charge on any atom is 0.317 e. The van der Waals surface area contributed by atoms with Crippen molar-refractivity contribution in [3.8, 4) is 11.5 Å². The summed E-state index contributed by atoms with van der Waals surface area (Å²) in [5.74, 6) is 1.14. The second kappa shape index (κ2) is 9.26. The van der Waals surface area contributed by atoms with Gasteiger partial charge < -0.3 is 29.7 Å². The summed E-state index contributed by atoms with van der Waals surface area (Å²) in [7, 11) is 1.60. The topological polar surface area (TPSA) is 115 Å². The van der Waals surface area contributed by atoms with Gasteiger partial charge in [-0.25, -0.2) is 4.79 Å². The van der Waals surface area contributed by atoms with Crippen LogP contribution < -0.4 is 20.1 Å². The second-order valence-electron chi connectivity index (χ2n) is 6.95. The van der Waals surface area contributed by atoms with Gasteiger partial charge in [-0.1, -0.05) is 11.3 Å². The Morgan fingerprint density at radius 3 is 2.83 bits per heavy atom. The number of nitrogens with zero attached hydrogens (tertiary/aromatic N) is 3. The van der Waals surface area contributed by atoms with E-state index in [0.29, 0.717) is 48.4 Å². The standard InChI is InChI=1S/C19H23N5O5S/c1-27-9-6-20-19(26)24-7-4-12(5-8-24)17-22-23-18(30-17)16(25)21-13-2-3-14-15(10-13)29-11-28-14/h2-3,10,12H,4-9,11H2,1H3,(H,20,26)(H,21,25). The number of methoxy groups -OCH3 is 1. The van der Waals surface area contributed by atoms with E-state index in [-0.39, 0.29) is 24.6 Å². The predicted molar refractivity (Wildman–Crippen MR) is 109 cm³/mol. The summed E-state index contributed by atoms with van der Waals surface area (Å²) >= 11 is 1.29. The van der Waals surface area contributed by atoms with Crippen LogP contribution in [-0.4, -0.2) is 67.2 Å². The van der Waals surface area contributed by atoms with Gasteiger partial charge in [0.1, 0.15) is 5.01 Å². The molecule has 1 fully saturated rings. The predicted octanol–water partition coefficient (Wildman–Crippen LogP) is 2.05. The van der Waals surface area contributed by atoms with Crippen molar-refractivity contribution in [3.05, 3.63) is 28.2 Å². The molecule has 160 valence electrons. The van der Waals surface area contributed by atoms with Crippen LogP contribution in [0.2, 0.25) is 0 Å². The molecule has 3 amide bonds. The first-order valence-corrected chi connectivity index (χ1v) is 10.5. The Morgan fingerprint density at radius 1 is 1.23 bits per heavy atom. The van der Waals surface area contributed by atoms with Gasteiger partial charge in [0.15, 0.2) is 11.5 Å². The van der Waals surface area contributed by atoms with Crippen LogP contribution >= 0.6 is 11.3 Å². The summed E-state index contributed by atoms with van der Waals surface area (Å²) in [6.45, 7) is 2.45. The minimum absolute atomic E-state index is 0.0773. The maximum absolute atomic E-state index is 12.5. The van der Waals surface area contributed by atoms with E-state index >= 15 is 0 Å². The molecule has 11 heteroatoms. The van der Waals surface area contributed by atoms with Crippen LogP contribution in [0.5, 0.6) is 11.5 Å². The van der Waals surface area contributed by atoms with Gasteiger partial charge in [0.2, 0.25) is 11.8 Å². The summed E-state index contributed by atoms with van der Waals surface area (Å²) in [6, 6.07) is 5.14.